The SMILES string of the molecule is Cl.NS(=O)(=O)Cc1ccc(-c2nn(Cc3ccc(F)cc3)c(=O)c3ccccc23)cc1. The van der Waals surface area contributed by atoms with E-state index in [4.69, 9.17) is 5.14 Å². The molecule has 0 aliphatic carbocycles. The summed E-state index contributed by atoms with van der Waals surface area (Å²) in [4.78, 5) is 12.9. The van der Waals surface area contributed by atoms with Gasteiger partial charge in [0.25, 0.3) is 5.56 Å². The van der Waals surface area contributed by atoms with Crippen molar-refractivity contribution in [2.75, 3.05) is 0 Å². The lowest BCUT2D eigenvalue weighted by Crippen LogP contribution is -2.24. The standard InChI is InChI=1S/C22H18FN3O3S.ClH/c23-18-11-7-15(8-12-18)13-26-22(27)20-4-2-1-3-19(20)21(25-26)17-9-5-16(6-10-17)14-30(24,28)29;/h1-12H,13-14H2,(H2,24,28,29);1H. The van der Waals surface area contributed by atoms with Gasteiger partial charge in [0.2, 0.25) is 10.0 Å². The van der Waals surface area contributed by atoms with Crippen molar-refractivity contribution in [3.8, 4) is 11.3 Å². The fourth-order valence-corrected chi connectivity index (χ4v) is 3.97. The number of fused-ring (bicyclic) bond motifs is 1. The summed E-state index contributed by atoms with van der Waals surface area (Å²) in [5, 5.41) is 10.9. The highest BCUT2D eigenvalue weighted by molar-refractivity contribution is 7.88. The summed E-state index contributed by atoms with van der Waals surface area (Å²) in [6.45, 7) is 0.195. The normalized spacial score (nSPS) is 11.3. The Kier molecular flexibility index (Phi) is 6.54. The number of benzene rings is 3. The van der Waals surface area contributed by atoms with E-state index in [-0.39, 0.29) is 36.1 Å². The van der Waals surface area contributed by atoms with Crippen LogP contribution in [0, 0.1) is 5.82 Å². The number of hydrogen-bond donors (Lipinski definition) is 1. The van der Waals surface area contributed by atoms with Crippen molar-refractivity contribution in [1.29, 1.82) is 0 Å². The molecule has 9 heteroatoms. The predicted molar refractivity (Wildman–Crippen MR) is 121 cm³/mol. The molecule has 31 heavy (non-hydrogen) atoms. The Labute approximate surface area is 184 Å². The summed E-state index contributed by atoms with van der Waals surface area (Å²) in [6.07, 6.45) is 0. The van der Waals surface area contributed by atoms with Gasteiger partial charge in [-0.25, -0.2) is 22.6 Å². The first-order valence-electron chi connectivity index (χ1n) is 9.14. The summed E-state index contributed by atoms with van der Waals surface area (Å²) in [5.41, 5.74) is 2.39. The van der Waals surface area contributed by atoms with E-state index < -0.39 is 10.0 Å². The Morgan fingerprint density at radius 1 is 0.871 bits per heavy atom. The molecular weight excluding hydrogens is 441 g/mol. The monoisotopic (exact) mass is 459 g/mol. The van der Waals surface area contributed by atoms with Gasteiger partial charge in [0.05, 0.1) is 23.4 Å². The largest absolute Gasteiger partial charge is 0.274 e. The molecule has 3 aromatic carbocycles. The highest BCUT2D eigenvalue weighted by Gasteiger charge is 2.13. The summed E-state index contributed by atoms with van der Waals surface area (Å²) < 4.78 is 37.2. The fraction of sp³-hybridized carbons (Fsp3) is 0.0909. The van der Waals surface area contributed by atoms with Crippen molar-refractivity contribution in [2.24, 2.45) is 5.14 Å². The zero-order valence-corrected chi connectivity index (χ0v) is 17.9. The molecule has 0 saturated carbocycles. The van der Waals surface area contributed by atoms with Crippen LogP contribution < -0.4 is 10.7 Å². The van der Waals surface area contributed by atoms with E-state index in [9.17, 15) is 17.6 Å². The number of primary sulfonamides is 1. The van der Waals surface area contributed by atoms with Crippen LogP contribution in [0.4, 0.5) is 4.39 Å². The fourth-order valence-electron chi connectivity index (χ4n) is 3.31. The molecule has 2 N–H and O–H groups in total. The van der Waals surface area contributed by atoms with Crippen LogP contribution in [0.1, 0.15) is 11.1 Å². The molecule has 0 aliphatic heterocycles. The van der Waals surface area contributed by atoms with Crippen LogP contribution >= 0.6 is 12.4 Å². The van der Waals surface area contributed by atoms with E-state index in [2.05, 4.69) is 5.10 Å². The molecule has 1 aromatic heterocycles. The Morgan fingerprint density at radius 3 is 2.06 bits per heavy atom. The van der Waals surface area contributed by atoms with Crippen LogP contribution in [0.2, 0.25) is 0 Å². The second-order valence-electron chi connectivity index (χ2n) is 6.99. The molecular formula is C22H19ClFN3O3S. The average Bonchev–Trinajstić information content (AvgIpc) is 2.71. The van der Waals surface area contributed by atoms with E-state index in [1.807, 2.05) is 12.1 Å². The molecule has 0 saturated heterocycles. The minimum absolute atomic E-state index is 0. The summed E-state index contributed by atoms with van der Waals surface area (Å²) >= 11 is 0. The van der Waals surface area contributed by atoms with Gasteiger partial charge < -0.3 is 0 Å². The van der Waals surface area contributed by atoms with Gasteiger partial charge in [-0.2, -0.15) is 5.10 Å². The highest BCUT2D eigenvalue weighted by Crippen LogP contribution is 2.25. The van der Waals surface area contributed by atoms with Gasteiger partial charge in [-0.15, -0.1) is 12.4 Å². The van der Waals surface area contributed by atoms with Crippen LogP contribution in [0.5, 0.6) is 0 Å². The summed E-state index contributed by atoms with van der Waals surface area (Å²) in [5.74, 6) is -0.608. The van der Waals surface area contributed by atoms with Crippen molar-refractivity contribution in [3.63, 3.8) is 0 Å². The number of nitrogens with zero attached hydrogens (tertiary/aromatic N) is 2. The van der Waals surface area contributed by atoms with Crippen LogP contribution in [0.25, 0.3) is 22.0 Å². The van der Waals surface area contributed by atoms with E-state index in [0.29, 0.717) is 22.0 Å². The molecule has 0 atom stereocenters. The maximum Gasteiger partial charge on any atom is 0.274 e. The molecule has 4 aromatic rings. The molecule has 160 valence electrons. The number of hydrogen-bond acceptors (Lipinski definition) is 4. The maximum absolute atomic E-state index is 13.2. The van der Waals surface area contributed by atoms with E-state index in [1.54, 1.807) is 48.5 Å². The summed E-state index contributed by atoms with van der Waals surface area (Å²) in [7, 11) is -3.63. The third-order valence-electron chi connectivity index (χ3n) is 4.71. The molecule has 0 amide bonds. The first kappa shape index (κ1) is 22.6. The predicted octanol–water partition coefficient (Wildman–Crippen LogP) is 3.46. The van der Waals surface area contributed by atoms with E-state index in [0.717, 1.165) is 11.1 Å². The van der Waals surface area contributed by atoms with Gasteiger partial charge in [-0.3, -0.25) is 4.79 Å². The molecule has 0 fully saturated rings. The van der Waals surface area contributed by atoms with Crippen molar-refractivity contribution in [3.05, 3.63) is 100 Å². The average molecular weight is 460 g/mol. The molecule has 4 rings (SSSR count). The van der Waals surface area contributed by atoms with E-state index in [1.165, 1.54) is 16.8 Å². The number of aromatic nitrogens is 2. The lowest BCUT2D eigenvalue weighted by molar-refractivity contribution is 0.597. The minimum Gasteiger partial charge on any atom is -0.267 e. The van der Waals surface area contributed by atoms with Gasteiger partial charge in [-0.05, 0) is 29.3 Å². The Bertz CT molecular complexity index is 1390. The van der Waals surface area contributed by atoms with Crippen LogP contribution in [-0.2, 0) is 22.3 Å². The third-order valence-corrected chi connectivity index (χ3v) is 5.44. The molecule has 1 heterocycles. The van der Waals surface area contributed by atoms with Gasteiger partial charge in [0.1, 0.15) is 5.82 Å². The first-order valence-corrected chi connectivity index (χ1v) is 10.9. The molecule has 0 aliphatic rings. The first-order chi connectivity index (χ1) is 14.3. The molecule has 6 nitrogen and oxygen atoms in total. The van der Waals surface area contributed by atoms with Crippen molar-refractivity contribution in [2.45, 2.75) is 12.3 Å². The minimum atomic E-state index is -3.63. The smallest absolute Gasteiger partial charge is 0.267 e. The van der Waals surface area contributed by atoms with Crippen molar-refractivity contribution >= 4 is 33.2 Å². The Morgan fingerprint density at radius 2 is 1.45 bits per heavy atom. The van der Waals surface area contributed by atoms with Gasteiger partial charge in [-0.1, -0.05) is 54.6 Å². The lowest BCUT2D eigenvalue weighted by Gasteiger charge is -2.12. The zero-order chi connectivity index (χ0) is 21.3. The topological polar surface area (TPSA) is 95.1 Å². The zero-order valence-electron chi connectivity index (χ0n) is 16.2. The van der Waals surface area contributed by atoms with Gasteiger partial charge in [0, 0.05) is 10.9 Å². The third kappa shape index (κ3) is 5.16. The molecule has 0 bridgehead atoms. The van der Waals surface area contributed by atoms with E-state index >= 15 is 0 Å². The van der Waals surface area contributed by atoms with Crippen LogP contribution in [0.3, 0.4) is 0 Å². The number of nitrogens with two attached hydrogens (primary N) is 1. The summed E-state index contributed by atoms with van der Waals surface area (Å²) in [6, 6.07) is 19.9. The number of rotatable bonds is 5. The quantitative estimate of drug-likeness (QED) is 0.494. The second kappa shape index (κ2) is 8.97. The van der Waals surface area contributed by atoms with Gasteiger partial charge >= 0.3 is 0 Å². The van der Waals surface area contributed by atoms with Gasteiger partial charge in [0.15, 0.2) is 0 Å². The molecule has 0 radical (unpaired) electrons. The second-order valence-corrected chi connectivity index (χ2v) is 8.60. The lowest BCUT2D eigenvalue weighted by atomic mass is 10.0. The highest BCUT2D eigenvalue weighted by atomic mass is 35.5. The van der Waals surface area contributed by atoms with Crippen LogP contribution in [0.15, 0.2) is 77.6 Å². The molecule has 0 unspecified atom stereocenters. The van der Waals surface area contributed by atoms with Crippen molar-refractivity contribution < 1.29 is 12.8 Å². The maximum atomic E-state index is 13.2. The Hall–Kier alpha value is -3.07. The van der Waals surface area contributed by atoms with Crippen LogP contribution in [-0.4, -0.2) is 18.2 Å². The number of halogens is 2. The Balaban J connectivity index is 0.00000272. The van der Waals surface area contributed by atoms with Crippen molar-refractivity contribution in [1.82, 2.24) is 9.78 Å². The molecule has 0 spiro atoms. The number of sulfonamides is 1.